The largest absolute Gasteiger partial charge is 0.393 e. The Balaban J connectivity index is 2.43. The Hall–Kier alpha value is -0.0400. The van der Waals surface area contributed by atoms with E-state index in [9.17, 15) is 5.11 Å². The van der Waals surface area contributed by atoms with Crippen molar-refractivity contribution in [3.63, 3.8) is 0 Å². The summed E-state index contributed by atoms with van der Waals surface area (Å²) in [7, 11) is 0. The molecule has 0 radical (unpaired) electrons. The lowest BCUT2D eigenvalue weighted by atomic mass is 9.74. The number of aliphatic hydroxyl groups is 1. The summed E-state index contributed by atoms with van der Waals surface area (Å²) < 4.78 is 0. The lowest BCUT2D eigenvalue weighted by molar-refractivity contribution is 0.00522. The van der Waals surface area contributed by atoms with Crippen LogP contribution in [0.1, 0.15) is 59.3 Å². The Kier molecular flexibility index (Phi) is 4.94. The SMILES string of the molecule is CCCC1CCCC(CC(C)C)C1O. The van der Waals surface area contributed by atoms with Crippen LogP contribution in [0.2, 0.25) is 0 Å². The monoisotopic (exact) mass is 198 g/mol. The summed E-state index contributed by atoms with van der Waals surface area (Å²) in [5.41, 5.74) is 0. The zero-order valence-corrected chi connectivity index (χ0v) is 10.00. The highest BCUT2D eigenvalue weighted by molar-refractivity contribution is 4.82. The summed E-state index contributed by atoms with van der Waals surface area (Å²) >= 11 is 0. The van der Waals surface area contributed by atoms with Gasteiger partial charge >= 0.3 is 0 Å². The van der Waals surface area contributed by atoms with Gasteiger partial charge in [-0.1, -0.05) is 33.6 Å². The number of rotatable bonds is 4. The van der Waals surface area contributed by atoms with E-state index in [1.807, 2.05) is 0 Å². The van der Waals surface area contributed by atoms with E-state index in [0.717, 1.165) is 5.92 Å². The summed E-state index contributed by atoms with van der Waals surface area (Å²) in [6.07, 6.45) is 7.47. The van der Waals surface area contributed by atoms with Crippen molar-refractivity contribution in [3.05, 3.63) is 0 Å². The molecule has 1 N–H and O–H groups in total. The minimum atomic E-state index is -0.00824. The van der Waals surface area contributed by atoms with Gasteiger partial charge in [-0.15, -0.1) is 0 Å². The molecule has 0 bridgehead atoms. The Labute approximate surface area is 88.9 Å². The molecule has 0 saturated heterocycles. The van der Waals surface area contributed by atoms with E-state index in [1.54, 1.807) is 0 Å². The molecule has 1 saturated carbocycles. The van der Waals surface area contributed by atoms with Gasteiger partial charge < -0.3 is 5.11 Å². The fraction of sp³-hybridized carbons (Fsp3) is 1.00. The zero-order chi connectivity index (χ0) is 10.6. The van der Waals surface area contributed by atoms with Crippen LogP contribution in [0, 0.1) is 17.8 Å². The van der Waals surface area contributed by atoms with E-state index >= 15 is 0 Å². The van der Waals surface area contributed by atoms with Crippen LogP contribution < -0.4 is 0 Å². The van der Waals surface area contributed by atoms with Gasteiger partial charge in [0.2, 0.25) is 0 Å². The van der Waals surface area contributed by atoms with E-state index in [-0.39, 0.29) is 6.10 Å². The molecule has 84 valence electrons. The van der Waals surface area contributed by atoms with Gasteiger partial charge in [-0.3, -0.25) is 0 Å². The fourth-order valence-electron chi connectivity index (χ4n) is 2.92. The maximum atomic E-state index is 10.2. The van der Waals surface area contributed by atoms with Gasteiger partial charge in [-0.2, -0.15) is 0 Å². The van der Waals surface area contributed by atoms with Crippen molar-refractivity contribution in [3.8, 4) is 0 Å². The van der Waals surface area contributed by atoms with Gasteiger partial charge in [0.15, 0.2) is 0 Å². The Bertz CT molecular complexity index is 151. The van der Waals surface area contributed by atoms with Gasteiger partial charge in [-0.05, 0) is 43.4 Å². The highest BCUT2D eigenvalue weighted by Crippen LogP contribution is 2.35. The second-order valence-electron chi connectivity index (χ2n) is 5.36. The van der Waals surface area contributed by atoms with Crippen LogP contribution in [0.15, 0.2) is 0 Å². The molecule has 0 aromatic carbocycles. The average Bonchev–Trinajstić information content (AvgIpc) is 2.11. The quantitative estimate of drug-likeness (QED) is 0.731. The van der Waals surface area contributed by atoms with Crippen molar-refractivity contribution < 1.29 is 5.11 Å². The molecule has 1 aliphatic carbocycles. The van der Waals surface area contributed by atoms with Crippen LogP contribution in [0.3, 0.4) is 0 Å². The van der Waals surface area contributed by atoms with Crippen LogP contribution in [-0.4, -0.2) is 11.2 Å². The first kappa shape index (κ1) is 12.0. The smallest absolute Gasteiger partial charge is 0.0596 e. The van der Waals surface area contributed by atoms with Gasteiger partial charge in [0.1, 0.15) is 0 Å². The molecule has 3 unspecified atom stereocenters. The molecule has 14 heavy (non-hydrogen) atoms. The molecular formula is C13H26O. The lowest BCUT2D eigenvalue weighted by Crippen LogP contribution is -2.34. The fourth-order valence-corrected chi connectivity index (χ4v) is 2.92. The van der Waals surface area contributed by atoms with Gasteiger partial charge in [0.05, 0.1) is 6.10 Å². The van der Waals surface area contributed by atoms with Crippen LogP contribution >= 0.6 is 0 Å². The third-order valence-electron chi connectivity index (χ3n) is 3.55. The molecule has 1 aliphatic rings. The van der Waals surface area contributed by atoms with E-state index in [1.165, 1.54) is 38.5 Å². The van der Waals surface area contributed by atoms with Gasteiger partial charge in [0.25, 0.3) is 0 Å². The molecule has 0 aromatic heterocycles. The Morgan fingerprint density at radius 3 is 2.43 bits per heavy atom. The van der Waals surface area contributed by atoms with Gasteiger partial charge in [0, 0.05) is 0 Å². The van der Waals surface area contributed by atoms with Crippen molar-refractivity contribution in [2.45, 2.75) is 65.4 Å². The normalized spacial score (nSPS) is 33.6. The van der Waals surface area contributed by atoms with Crippen molar-refractivity contribution >= 4 is 0 Å². The summed E-state index contributed by atoms with van der Waals surface area (Å²) in [6, 6.07) is 0. The summed E-state index contributed by atoms with van der Waals surface area (Å²) in [6.45, 7) is 6.74. The summed E-state index contributed by atoms with van der Waals surface area (Å²) in [4.78, 5) is 0. The first-order valence-electron chi connectivity index (χ1n) is 6.33. The molecular weight excluding hydrogens is 172 g/mol. The molecule has 0 heterocycles. The third kappa shape index (κ3) is 3.27. The summed E-state index contributed by atoms with van der Waals surface area (Å²) in [5.74, 6) is 1.91. The van der Waals surface area contributed by atoms with Crippen LogP contribution in [-0.2, 0) is 0 Å². The van der Waals surface area contributed by atoms with Crippen LogP contribution in [0.25, 0.3) is 0 Å². The second kappa shape index (κ2) is 5.75. The molecule has 0 aliphatic heterocycles. The van der Waals surface area contributed by atoms with E-state index in [2.05, 4.69) is 20.8 Å². The first-order chi connectivity index (χ1) is 6.65. The number of hydrogen-bond acceptors (Lipinski definition) is 1. The van der Waals surface area contributed by atoms with Crippen LogP contribution in [0.5, 0.6) is 0 Å². The molecule has 1 fully saturated rings. The third-order valence-corrected chi connectivity index (χ3v) is 3.55. The lowest BCUT2D eigenvalue weighted by Gasteiger charge is -2.35. The van der Waals surface area contributed by atoms with Crippen molar-refractivity contribution in [1.82, 2.24) is 0 Å². The molecule has 3 atom stereocenters. The molecule has 1 nitrogen and oxygen atoms in total. The number of aliphatic hydroxyl groups excluding tert-OH is 1. The molecule has 1 rings (SSSR count). The predicted octanol–water partition coefficient (Wildman–Crippen LogP) is 3.61. The minimum Gasteiger partial charge on any atom is -0.393 e. The van der Waals surface area contributed by atoms with Gasteiger partial charge in [-0.25, -0.2) is 0 Å². The highest BCUT2D eigenvalue weighted by Gasteiger charge is 2.31. The zero-order valence-electron chi connectivity index (χ0n) is 10.00. The van der Waals surface area contributed by atoms with Crippen molar-refractivity contribution in [2.75, 3.05) is 0 Å². The maximum absolute atomic E-state index is 10.2. The second-order valence-corrected chi connectivity index (χ2v) is 5.36. The van der Waals surface area contributed by atoms with Crippen LogP contribution in [0.4, 0.5) is 0 Å². The molecule has 1 heteroatoms. The van der Waals surface area contributed by atoms with E-state index in [4.69, 9.17) is 0 Å². The Morgan fingerprint density at radius 1 is 1.21 bits per heavy atom. The first-order valence-corrected chi connectivity index (χ1v) is 6.33. The van der Waals surface area contributed by atoms with E-state index in [0.29, 0.717) is 11.8 Å². The number of hydrogen-bond donors (Lipinski definition) is 1. The summed E-state index contributed by atoms with van der Waals surface area (Å²) in [5, 5.41) is 10.2. The minimum absolute atomic E-state index is 0.00824. The standard InChI is InChI=1S/C13H26O/c1-4-6-11-7-5-8-12(13(11)14)9-10(2)3/h10-14H,4-9H2,1-3H3. The molecule has 0 aromatic rings. The van der Waals surface area contributed by atoms with E-state index < -0.39 is 0 Å². The Morgan fingerprint density at radius 2 is 1.86 bits per heavy atom. The van der Waals surface area contributed by atoms with Crippen molar-refractivity contribution in [1.29, 1.82) is 0 Å². The predicted molar refractivity (Wildman–Crippen MR) is 61.2 cm³/mol. The molecule has 0 spiro atoms. The average molecular weight is 198 g/mol. The topological polar surface area (TPSA) is 20.2 Å². The highest BCUT2D eigenvalue weighted by atomic mass is 16.3. The maximum Gasteiger partial charge on any atom is 0.0596 e. The van der Waals surface area contributed by atoms with Crippen molar-refractivity contribution in [2.24, 2.45) is 17.8 Å². The molecule has 0 amide bonds.